The number of hydrogen-bond acceptors (Lipinski definition) is 5. The van der Waals surface area contributed by atoms with Gasteiger partial charge in [-0.3, -0.25) is 4.79 Å². The zero-order valence-corrected chi connectivity index (χ0v) is 15.5. The van der Waals surface area contributed by atoms with Gasteiger partial charge in [0.15, 0.2) is 0 Å². The Morgan fingerprint density at radius 1 is 1.25 bits per heavy atom. The van der Waals surface area contributed by atoms with Crippen molar-refractivity contribution in [3.8, 4) is 0 Å². The van der Waals surface area contributed by atoms with Gasteiger partial charge in [-0.2, -0.15) is 0 Å². The zero-order chi connectivity index (χ0) is 19.1. The molecule has 0 aliphatic carbocycles. The molecule has 3 aromatic rings. The molecule has 146 valence electrons. The number of hydrogen-bond donors (Lipinski definition) is 1. The summed E-state index contributed by atoms with van der Waals surface area (Å²) in [6.07, 6.45) is 3.63. The SMILES string of the molecule is O=C(Cc1coc2cc(F)ccc12)N1CCC(c2nnc3n2CCNC3)CC1. The molecule has 1 saturated heterocycles. The van der Waals surface area contributed by atoms with Gasteiger partial charge < -0.3 is 19.2 Å². The van der Waals surface area contributed by atoms with E-state index in [0.29, 0.717) is 24.6 Å². The molecule has 1 amide bonds. The molecule has 1 N–H and O–H groups in total. The summed E-state index contributed by atoms with van der Waals surface area (Å²) in [6.45, 7) is 4.05. The number of fused-ring (bicyclic) bond motifs is 2. The molecule has 1 fully saturated rings. The van der Waals surface area contributed by atoms with Gasteiger partial charge in [-0.25, -0.2) is 4.39 Å². The molecule has 8 heteroatoms. The van der Waals surface area contributed by atoms with Gasteiger partial charge >= 0.3 is 0 Å². The summed E-state index contributed by atoms with van der Waals surface area (Å²) in [5.41, 5.74) is 1.29. The number of nitrogens with one attached hydrogen (secondary N) is 1. The Morgan fingerprint density at radius 3 is 2.96 bits per heavy atom. The van der Waals surface area contributed by atoms with E-state index >= 15 is 0 Å². The molecular formula is C20H22FN5O2. The van der Waals surface area contributed by atoms with Crippen molar-refractivity contribution < 1.29 is 13.6 Å². The first-order valence-corrected chi connectivity index (χ1v) is 9.75. The number of nitrogens with zero attached hydrogens (tertiary/aromatic N) is 4. The van der Waals surface area contributed by atoms with E-state index in [-0.39, 0.29) is 18.1 Å². The maximum atomic E-state index is 13.3. The summed E-state index contributed by atoms with van der Waals surface area (Å²) >= 11 is 0. The van der Waals surface area contributed by atoms with E-state index in [1.807, 2.05) is 4.90 Å². The molecule has 0 radical (unpaired) electrons. The summed E-state index contributed by atoms with van der Waals surface area (Å²) in [6, 6.07) is 4.42. The fraction of sp³-hybridized carbons (Fsp3) is 0.450. The smallest absolute Gasteiger partial charge is 0.227 e. The number of carbonyl (C=O) groups is 1. The average molecular weight is 383 g/mol. The number of amides is 1. The number of rotatable bonds is 3. The van der Waals surface area contributed by atoms with Gasteiger partial charge in [0, 0.05) is 49.1 Å². The molecule has 28 heavy (non-hydrogen) atoms. The third-order valence-corrected chi connectivity index (χ3v) is 5.82. The van der Waals surface area contributed by atoms with E-state index in [4.69, 9.17) is 4.42 Å². The number of aromatic nitrogens is 3. The van der Waals surface area contributed by atoms with Gasteiger partial charge in [0.25, 0.3) is 0 Å². The first-order valence-electron chi connectivity index (χ1n) is 9.75. The molecular weight excluding hydrogens is 361 g/mol. The Morgan fingerprint density at radius 2 is 2.11 bits per heavy atom. The maximum absolute atomic E-state index is 13.3. The van der Waals surface area contributed by atoms with Crippen molar-refractivity contribution in [1.82, 2.24) is 25.0 Å². The monoisotopic (exact) mass is 383 g/mol. The fourth-order valence-electron chi connectivity index (χ4n) is 4.27. The van der Waals surface area contributed by atoms with Crippen LogP contribution in [-0.4, -0.2) is 45.2 Å². The molecule has 0 spiro atoms. The molecule has 0 saturated carbocycles. The molecule has 2 aliphatic rings. The van der Waals surface area contributed by atoms with E-state index in [1.165, 1.54) is 12.1 Å². The minimum atomic E-state index is -0.340. The van der Waals surface area contributed by atoms with E-state index in [1.54, 1.807) is 12.3 Å². The number of piperidine rings is 1. The quantitative estimate of drug-likeness (QED) is 0.751. The van der Waals surface area contributed by atoms with Crippen molar-refractivity contribution in [2.45, 2.75) is 38.3 Å². The summed E-state index contributed by atoms with van der Waals surface area (Å²) in [5.74, 6) is 2.15. The summed E-state index contributed by atoms with van der Waals surface area (Å²) in [5, 5.41) is 12.8. The van der Waals surface area contributed by atoms with Crippen LogP contribution in [-0.2, 0) is 24.3 Å². The lowest BCUT2D eigenvalue weighted by Crippen LogP contribution is -2.39. The van der Waals surface area contributed by atoms with Crippen LogP contribution in [0.2, 0.25) is 0 Å². The predicted octanol–water partition coefficient (Wildman–Crippen LogP) is 2.22. The summed E-state index contributed by atoms with van der Waals surface area (Å²) in [4.78, 5) is 14.7. The molecule has 4 heterocycles. The largest absolute Gasteiger partial charge is 0.464 e. The van der Waals surface area contributed by atoms with Crippen molar-refractivity contribution in [1.29, 1.82) is 0 Å². The molecule has 2 aromatic heterocycles. The number of halogens is 1. The Hall–Kier alpha value is -2.74. The van der Waals surface area contributed by atoms with Gasteiger partial charge in [0.05, 0.1) is 19.2 Å². The Bertz CT molecular complexity index is 1020. The molecule has 0 unspecified atom stereocenters. The summed E-state index contributed by atoms with van der Waals surface area (Å²) in [7, 11) is 0. The highest BCUT2D eigenvalue weighted by Gasteiger charge is 2.29. The molecule has 1 aromatic carbocycles. The van der Waals surface area contributed by atoms with Crippen LogP contribution < -0.4 is 5.32 Å². The molecule has 0 atom stereocenters. The highest BCUT2D eigenvalue weighted by molar-refractivity contribution is 5.87. The lowest BCUT2D eigenvalue weighted by atomic mass is 9.95. The normalized spacial score (nSPS) is 17.8. The minimum Gasteiger partial charge on any atom is -0.464 e. The van der Waals surface area contributed by atoms with E-state index in [0.717, 1.165) is 55.1 Å². The van der Waals surface area contributed by atoms with Crippen LogP contribution in [0, 0.1) is 5.82 Å². The van der Waals surface area contributed by atoms with Crippen LogP contribution in [0.4, 0.5) is 4.39 Å². The molecule has 2 aliphatic heterocycles. The van der Waals surface area contributed by atoms with E-state index in [9.17, 15) is 9.18 Å². The predicted molar refractivity (Wildman–Crippen MR) is 100 cm³/mol. The van der Waals surface area contributed by atoms with Crippen molar-refractivity contribution in [2.24, 2.45) is 0 Å². The van der Waals surface area contributed by atoms with Crippen molar-refractivity contribution in [2.75, 3.05) is 19.6 Å². The first-order chi connectivity index (χ1) is 13.7. The van der Waals surface area contributed by atoms with Gasteiger partial charge in [-0.15, -0.1) is 10.2 Å². The minimum absolute atomic E-state index is 0.0814. The Kier molecular flexibility index (Phi) is 4.35. The van der Waals surface area contributed by atoms with Gasteiger partial charge in [-0.05, 0) is 25.0 Å². The second kappa shape index (κ2) is 7.01. The lowest BCUT2D eigenvalue weighted by molar-refractivity contribution is -0.131. The van der Waals surface area contributed by atoms with Crippen LogP contribution in [0.3, 0.4) is 0 Å². The van der Waals surface area contributed by atoms with Crippen LogP contribution in [0.5, 0.6) is 0 Å². The standard InChI is InChI=1S/C20H22FN5O2/c21-15-1-2-16-14(12-28-17(16)10-15)9-19(27)25-6-3-13(4-7-25)20-24-23-18-11-22-5-8-26(18)20/h1-2,10,12-13,22H,3-9,11H2. The van der Waals surface area contributed by atoms with E-state index < -0.39 is 0 Å². The Labute approximate surface area is 161 Å². The Balaban J connectivity index is 1.24. The average Bonchev–Trinajstić information content (AvgIpc) is 3.32. The molecule has 0 bridgehead atoms. The number of carbonyl (C=O) groups excluding carboxylic acids is 1. The van der Waals surface area contributed by atoms with Gasteiger partial charge in [-0.1, -0.05) is 0 Å². The third kappa shape index (κ3) is 3.07. The third-order valence-electron chi connectivity index (χ3n) is 5.82. The fourth-order valence-corrected chi connectivity index (χ4v) is 4.27. The summed E-state index contributed by atoms with van der Waals surface area (Å²) < 4.78 is 20.9. The van der Waals surface area contributed by atoms with Crippen LogP contribution >= 0.6 is 0 Å². The first kappa shape index (κ1) is 17.4. The highest BCUT2D eigenvalue weighted by Crippen LogP contribution is 2.29. The topological polar surface area (TPSA) is 76.2 Å². The maximum Gasteiger partial charge on any atom is 0.227 e. The van der Waals surface area contributed by atoms with Crippen molar-refractivity contribution in [3.63, 3.8) is 0 Å². The van der Waals surface area contributed by atoms with Crippen LogP contribution in [0.25, 0.3) is 11.0 Å². The highest BCUT2D eigenvalue weighted by atomic mass is 19.1. The number of likely N-dealkylation sites (tertiary alicyclic amines) is 1. The van der Waals surface area contributed by atoms with E-state index in [2.05, 4.69) is 20.1 Å². The van der Waals surface area contributed by atoms with Crippen LogP contribution in [0.1, 0.15) is 36.0 Å². The number of furan rings is 1. The van der Waals surface area contributed by atoms with Gasteiger partial charge in [0.1, 0.15) is 23.0 Å². The van der Waals surface area contributed by atoms with Gasteiger partial charge in [0.2, 0.25) is 5.91 Å². The second-order valence-electron chi connectivity index (χ2n) is 7.54. The molecule has 7 nitrogen and oxygen atoms in total. The van der Waals surface area contributed by atoms with Crippen molar-refractivity contribution >= 4 is 16.9 Å². The second-order valence-corrected chi connectivity index (χ2v) is 7.54. The molecule has 5 rings (SSSR count). The van der Waals surface area contributed by atoms with Crippen LogP contribution in [0.15, 0.2) is 28.9 Å². The zero-order valence-electron chi connectivity index (χ0n) is 15.5. The number of benzene rings is 1. The van der Waals surface area contributed by atoms with Crippen molar-refractivity contribution in [3.05, 3.63) is 47.5 Å². The lowest BCUT2D eigenvalue weighted by Gasteiger charge is -2.32.